The van der Waals surface area contributed by atoms with Crippen LogP contribution >= 0.6 is 11.3 Å². The van der Waals surface area contributed by atoms with Crippen molar-refractivity contribution in [2.45, 2.75) is 12.8 Å². The molecular formula is C13H9FN6OS. The number of aromatic amines is 1. The molecule has 4 rings (SSSR count). The van der Waals surface area contributed by atoms with Crippen LogP contribution in [0.2, 0.25) is 0 Å². The highest BCUT2D eigenvalue weighted by molar-refractivity contribution is 7.16. The molecule has 0 fully saturated rings. The number of aryl methyl sites for hydroxylation is 2. The van der Waals surface area contributed by atoms with E-state index >= 15 is 0 Å². The molecular weight excluding hydrogens is 307 g/mol. The van der Waals surface area contributed by atoms with E-state index < -0.39 is 0 Å². The zero-order valence-corrected chi connectivity index (χ0v) is 12.0. The van der Waals surface area contributed by atoms with Crippen molar-refractivity contribution in [3.63, 3.8) is 0 Å². The standard InChI is InChI=1S/C13H9FN6OS/c14-8-4-1-7(2-5-8)3-6-9-18-20-12(21)10-11(17-19-16-10)15-13(20)22-9/h1-2,4-5H,3,6H2,(H,16,17,19). The maximum absolute atomic E-state index is 12.9. The third-order valence-electron chi connectivity index (χ3n) is 3.27. The molecule has 110 valence electrons. The van der Waals surface area contributed by atoms with Crippen LogP contribution in [0.4, 0.5) is 4.39 Å². The number of benzene rings is 1. The normalized spacial score (nSPS) is 11.5. The molecule has 0 saturated carbocycles. The Balaban J connectivity index is 1.66. The fraction of sp³-hybridized carbons (Fsp3) is 0.154. The topological polar surface area (TPSA) is 88.8 Å². The first-order valence-corrected chi connectivity index (χ1v) is 7.36. The quantitative estimate of drug-likeness (QED) is 0.616. The Morgan fingerprint density at radius 2 is 2.00 bits per heavy atom. The van der Waals surface area contributed by atoms with Gasteiger partial charge in [0.25, 0.3) is 0 Å². The molecule has 0 bridgehead atoms. The van der Waals surface area contributed by atoms with Gasteiger partial charge in [-0.1, -0.05) is 23.5 Å². The van der Waals surface area contributed by atoms with Crippen LogP contribution in [0.15, 0.2) is 29.1 Å². The van der Waals surface area contributed by atoms with E-state index in [9.17, 15) is 9.18 Å². The van der Waals surface area contributed by atoms with Gasteiger partial charge >= 0.3 is 5.56 Å². The van der Waals surface area contributed by atoms with Crippen molar-refractivity contribution in [3.8, 4) is 0 Å². The molecule has 0 radical (unpaired) electrons. The molecule has 0 spiro atoms. The molecule has 0 atom stereocenters. The van der Waals surface area contributed by atoms with Crippen LogP contribution < -0.4 is 5.56 Å². The SMILES string of the molecule is O=c1c2n[nH]nc2nc2sc(CCc3ccc(F)cc3)nn12. The lowest BCUT2D eigenvalue weighted by atomic mass is 10.1. The first kappa shape index (κ1) is 13.0. The molecule has 3 aromatic heterocycles. The summed E-state index contributed by atoms with van der Waals surface area (Å²) >= 11 is 1.34. The lowest BCUT2D eigenvalue weighted by Crippen LogP contribution is -2.15. The van der Waals surface area contributed by atoms with Crippen LogP contribution in [0.25, 0.3) is 16.1 Å². The molecule has 7 nitrogen and oxygen atoms in total. The molecule has 0 unspecified atom stereocenters. The minimum atomic E-state index is -0.335. The average Bonchev–Trinajstić information content (AvgIpc) is 3.14. The maximum atomic E-state index is 12.9. The van der Waals surface area contributed by atoms with E-state index in [0.717, 1.165) is 10.6 Å². The fourth-order valence-electron chi connectivity index (χ4n) is 2.17. The summed E-state index contributed by atoms with van der Waals surface area (Å²) in [5.74, 6) is -0.255. The van der Waals surface area contributed by atoms with Gasteiger partial charge in [0, 0.05) is 6.42 Å². The van der Waals surface area contributed by atoms with E-state index in [0.29, 0.717) is 23.4 Å². The third kappa shape index (κ3) is 2.15. The zero-order chi connectivity index (χ0) is 15.1. The molecule has 0 amide bonds. The van der Waals surface area contributed by atoms with Crippen molar-refractivity contribution in [1.29, 1.82) is 0 Å². The summed E-state index contributed by atoms with van der Waals surface area (Å²) < 4.78 is 14.1. The number of hydrogen-bond acceptors (Lipinski definition) is 6. The predicted octanol–water partition coefficient (Wildman–Crippen LogP) is 1.35. The van der Waals surface area contributed by atoms with Crippen molar-refractivity contribution in [3.05, 3.63) is 51.0 Å². The van der Waals surface area contributed by atoms with E-state index in [1.165, 1.54) is 28.0 Å². The first-order chi connectivity index (χ1) is 10.7. The molecule has 4 aromatic rings. The summed E-state index contributed by atoms with van der Waals surface area (Å²) in [6.07, 6.45) is 1.36. The number of fused-ring (bicyclic) bond motifs is 2. The highest BCUT2D eigenvalue weighted by Gasteiger charge is 2.13. The third-order valence-corrected chi connectivity index (χ3v) is 4.24. The minimum absolute atomic E-state index is 0.174. The molecule has 3 heterocycles. The van der Waals surface area contributed by atoms with Crippen LogP contribution in [0, 0.1) is 5.82 Å². The van der Waals surface area contributed by atoms with Crippen LogP contribution in [0.3, 0.4) is 0 Å². The average molecular weight is 316 g/mol. The van der Waals surface area contributed by atoms with Crippen molar-refractivity contribution in [2.75, 3.05) is 0 Å². The molecule has 0 aliphatic carbocycles. The highest BCUT2D eigenvalue weighted by Crippen LogP contribution is 2.15. The van der Waals surface area contributed by atoms with E-state index in [1.807, 2.05) is 0 Å². The Bertz CT molecular complexity index is 1020. The Morgan fingerprint density at radius 3 is 2.82 bits per heavy atom. The van der Waals surface area contributed by atoms with E-state index in [1.54, 1.807) is 12.1 Å². The fourth-order valence-corrected chi connectivity index (χ4v) is 3.05. The number of nitrogens with zero attached hydrogens (tertiary/aromatic N) is 5. The number of aromatic nitrogens is 6. The number of halogens is 1. The second kappa shape index (κ2) is 4.95. The zero-order valence-electron chi connectivity index (χ0n) is 11.2. The summed E-state index contributed by atoms with van der Waals surface area (Å²) in [5, 5.41) is 15.0. The highest BCUT2D eigenvalue weighted by atomic mass is 32.1. The number of H-pyrrole nitrogens is 1. The number of rotatable bonds is 3. The first-order valence-electron chi connectivity index (χ1n) is 6.54. The molecule has 1 aromatic carbocycles. The van der Waals surface area contributed by atoms with Crippen LogP contribution in [-0.4, -0.2) is 30.0 Å². The Hall–Kier alpha value is -2.68. The Labute approximate surface area is 126 Å². The van der Waals surface area contributed by atoms with E-state index in [-0.39, 0.29) is 16.9 Å². The van der Waals surface area contributed by atoms with Gasteiger partial charge in [0.05, 0.1) is 0 Å². The van der Waals surface area contributed by atoms with Crippen molar-refractivity contribution in [2.24, 2.45) is 0 Å². The lowest BCUT2D eigenvalue weighted by Gasteiger charge is -1.98. The summed E-state index contributed by atoms with van der Waals surface area (Å²) in [4.78, 5) is 16.9. The van der Waals surface area contributed by atoms with Gasteiger partial charge in [-0.15, -0.1) is 10.2 Å². The Morgan fingerprint density at radius 1 is 1.18 bits per heavy atom. The van der Waals surface area contributed by atoms with Crippen LogP contribution in [0.1, 0.15) is 10.6 Å². The number of nitrogens with one attached hydrogen (secondary N) is 1. The van der Waals surface area contributed by atoms with Gasteiger partial charge in [-0.05, 0) is 24.1 Å². The molecule has 22 heavy (non-hydrogen) atoms. The van der Waals surface area contributed by atoms with Gasteiger partial charge in [0.1, 0.15) is 10.8 Å². The smallest absolute Gasteiger partial charge is 0.265 e. The summed E-state index contributed by atoms with van der Waals surface area (Å²) in [6.45, 7) is 0. The molecule has 0 aliphatic rings. The molecule has 0 saturated heterocycles. The summed E-state index contributed by atoms with van der Waals surface area (Å²) in [5.41, 5.74) is 1.14. The van der Waals surface area contributed by atoms with Crippen molar-refractivity contribution >= 4 is 27.5 Å². The molecule has 9 heteroatoms. The van der Waals surface area contributed by atoms with Crippen LogP contribution in [0.5, 0.6) is 0 Å². The summed E-state index contributed by atoms with van der Waals surface area (Å²) in [7, 11) is 0. The maximum Gasteiger partial charge on any atom is 0.305 e. The van der Waals surface area contributed by atoms with Crippen molar-refractivity contribution in [1.82, 2.24) is 30.0 Å². The molecule has 1 N–H and O–H groups in total. The monoisotopic (exact) mass is 316 g/mol. The van der Waals surface area contributed by atoms with Crippen LogP contribution in [-0.2, 0) is 12.8 Å². The van der Waals surface area contributed by atoms with Gasteiger partial charge in [-0.2, -0.15) is 19.8 Å². The largest absolute Gasteiger partial charge is 0.305 e. The second-order valence-corrected chi connectivity index (χ2v) is 5.77. The van der Waals surface area contributed by atoms with E-state index in [2.05, 4.69) is 25.5 Å². The van der Waals surface area contributed by atoms with Gasteiger partial charge in [-0.3, -0.25) is 4.79 Å². The Kier molecular flexibility index (Phi) is 2.93. The second-order valence-electron chi connectivity index (χ2n) is 4.73. The van der Waals surface area contributed by atoms with Gasteiger partial charge in [-0.25, -0.2) is 4.39 Å². The molecule has 0 aliphatic heterocycles. The summed E-state index contributed by atoms with van der Waals surface area (Å²) in [6, 6.07) is 6.34. The predicted molar refractivity (Wildman–Crippen MR) is 78.4 cm³/mol. The van der Waals surface area contributed by atoms with Gasteiger partial charge < -0.3 is 0 Å². The van der Waals surface area contributed by atoms with Gasteiger partial charge in [0.2, 0.25) is 10.6 Å². The lowest BCUT2D eigenvalue weighted by molar-refractivity contribution is 0.627. The van der Waals surface area contributed by atoms with Crippen molar-refractivity contribution < 1.29 is 4.39 Å². The minimum Gasteiger partial charge on any atom is -0.265 e. The number of hydrogen-bond donors (Lipinski definition) is 1. The van der Waals surface area contributed by atoms with Gasteiger partial charge in [0.15, 0.2) is 5.52 Å². The van der Waals surface area contributed by atoms with E-state index in [4.69, 9.17) is 0 Å².